The largest absolute Gasteiger partial charge is 0.327 e. The van der Waals surface area contributed by atoms with Gasteiger partial charge in [-0.2, -0.15) is 0 Å². The van der Waals surface area contributed by atoms with Gasteiger partial charge in [0.1, 0.15) is 0 Å². The van der Waals surface area contributed by atoms with Gasteiger partial charge in [-0.15, -0.1) is 11.8 Å². The van der Waals surface area contributed by atoms with Crippen LogP contribution in [0.5, 0.6) is 0 Å². The molecule has 1 nitrogen and oxygen atoms in total. The average molecular weight is 292 g/mol. The Kier molecular flexibility index (Phi) is 5.32. The lowest BCUT2D eigenvalue weighted by atomic mass is 10.1. The Labute approximate surface area is 124 Å². The van der Waals surface area contributed by atoms with Gasteiger partial charge in [0.05, 0.1) is 0 Å². The van der Waals surface area contributed by atoms with E-state index in [2.05, 4.69) is 43.3 Å². The smallest absolute Gasteiger partial charge is 0.0448 e. The van der Waals surface area contributed by atoms with Crippen LogP contribution in [0.1, 0.15) is 23.3 Å². The summed E-state index contributed by atoms with van der Waals surface area (Å²) < 4.78 is 0. The second-order valence-electron chi connectivity index (χ2n) is 4.63. The lowest BCUT2D eigenvalue weighted by molar-refractivity contribution is 0.721. The number of hydrogen-bond acceptors (Lipinski definition) is 2. The summed E-state index contributed by atoms with van der Waals surface area (Å²) in [6, 6.07) is 18.6. The number of hydrogen-bond donors (Lipinski definition) is 1. The maximum Gasteiger partial charge on any atom is 0.0448 e. The van der Waals surface area contributed by atoms with Crippen molar-refractivity contribution in [3.05, 3.63) is 70.7 Å². The Morgan fingerprint density at radius 1 is 1.05 bits per heavy atom. The van der Waals surface area contributed by atoms with E-state index in [-0.39, 0.29) is 6.04 Å². The minimum absolute atomic E-state index is 0.125. The van der Waals surface area contributed by atoms with E-state index in [0.717, 1.165) is 10.8 Å². The van der Waals surface area contributed by atoms with Crippen molar-refractivity contribution >= 4 is 23.4 Å². The number of halogens is 1. The highest BCUT2D eigenvalue weighted by Gasteiger charge is 2.16. The molecule has 2 unspecified atom stereocenters. The van der Waals surface area contributed by atoms with Gasteiger partial charge in [-0.3, -0.25) is 0 Å². The third-order valence-electron chi connectivity index (χ3n) is 2.95. The summed E-state index contributed by atoms with van der Waals surface area (Å²) in [7, 11) is 0. The van der Waals surface area contributed by atoms with Crippen molar-refractivity contribution in [2.45, 2.75) is 24.0 Å². The van der Waals surface area contributed by atoms with E-state index in [1.54, 1.807) is 0 Å². The zero-order valence-electron chi connectivity index (χ0n) is 10.9. The minimum Gasteiger partial charge on any atom is -0.327 e. The summed E-state index contributed by atoms with van der Waals surface area (Å²) in [6.07, 6.45) is 0. The standard InChI is InChI=1S/C16H18ClNS/c1-12(18)16(14-5-3-2-4-6-14)19-11-13-7-9-15(17)10-8-13/h2-10,12,16H,11,18H2,1H3. The van der Waals surface area contributed by atoms with Crippen LogP contribution in [0.3, 0.4) is 0 Å². The molecule has 0 aromatic heterocycles. The fraction of sp³-hybridized carbons (Fsp3) is 0.250. The van der Waals surface area contributed by atoms with Crippen molar-refractivity contribution in [3.8, 4) is 0 Å². The van der Waals surface area contributed by atoms with Crippen molar-refractivity contribution in [1.82, 2.24) is 0 Å². The molecule has 2 aromatic carbocycles. The van der Waals surface area contributed by atoms with E-state index < -0.39 is 0 Å². The molecule has 19 heavy (non-hydrogen) atoms. The summed E-state index contributed by atoms with van der Waals surface area (Å²) in [6.45, 7) is 2.06. The quantitative estimate of drug-likeness (QED) is 0.867. The maximum atomic E-state index is 6.12. The van der Waals surface area contributed by atoms with Gasteiger partial charge in [-0.25, -0.2) is 0 Å². The topological polar surface area (TPSA) is 26.0 Å². The van der Waals surface area contributed by atoms with Crippen LogP contribution in [0, 0.1) is 0 Å². The van der Waals surface area contributed by atoms with Gasteiger partial charge in [0.25, 0.3) is 0 Å². The molecule has 0 heterocycles. The highest BCUT2D eigenvalue weighted by Crippen LogP contribution is 2.33. The predicted octanol–water partition coefficient (Wildman–Crippen LogP) is 4.66. The molecule has 0 saturated carbocycles. The molecule has 0 spiro atoms. The van der Waals surface area contributed by atoms with E-state index in [1.807, 2.05) is 30.0 Å². The van der Waals surface area contributed by atoms with Gasteiger partial charge in [-0.1, -0.05) is 54.1 Å². The van der Waals surface area contributed by atoms with E-state index in [0.29, 0.717) is 5.25 Å². The molecule has 2 aromatic rings. The average Bonchev–Trinajstić information content (AvgIpc) is 2.42. The van der Waals surface area contributed by atoms with Gasteiger partial charge in [0.2, 0.25) is 0 Å². The van der Waals surface area contributed by atoms with Crippen LogP contribution in [-0.4, -0.2) is 6.04 Å². The van der Waals surface area contributed by atoms with Crippen LogP contribution in [0.2, 0.25) is 5.02 Å². The van der Waals surface area contributed by atoms with E-state index in [1.165, 1.54) is 11.1 Å². The Morgan fingerprint density at radius 2 is 1.68 bits per heavy atom. The summed E-state index contributed by atoms with van der Waals surface area (Å²) in [5, 5.41) is 1.09. The SMILES string of the molecule is CC(N)C(SCc1ccc(Cl)cc1)c1ccccc1. The number of benzene rings is 2. The monoisotopic (exact) mass is 291 g/mol. The van der Waals surface area contributed by atoms with Gasteiger partial charge in [0.15, 0.2) is 0 Å². The molecule has 2 rings (SSSR count). The van der Waals surface area contributed by atoms with Crippen LogP contribution in [-0.2, 0) is 5.75 Å². The third kappa shape index (κ3) is 4.27. The molecule has 0 saturated heterocycles. The van der Waals surface area contributed by atoms with Crippen LogP contribution in [0.15, 0.2) is 54.6 Å². The molecule has 100 valence electrons. The summed E-state index contributed by atoms with van der Waals surface area (Å²) >= 11 is 7.77. The first-order valence-corrected chi connectivity index (χ1v) is 7.76. The molecule has 0 fully saturated rings. The molecular formula is C16H18ClNS. The highest BCUT2D eigenvalue weighted by molar-refractivity contribution is 7.98. The lowest BCUT2D eigenvalue weighted by Crippen LogP contribution is -2.22. The van der Waals surface area contributed by atoms with Crippen molar-refractivity contribution in [2.24, 2.45) is 5.73 Å². The van der Waals surface area contributed by atoms with Crippen LogP contribution in [0.25, 0.3) is 0 Å². The molecule has 0 bridgehead atoms. The van der Waals surface area contributed by atoms with Crippen molar-refractivity contribution in [1.29, 1.82) is 0 Å². The Bertz CT molecular complexity index is 496. The summed E-state index contributed by atoms with van der Waals surface area (Å²) in [4.78, 5) is 0. The Morgan fingerprint density at radius 3 is 2.26 bits per heavy atom. The normalized spacial score (nSPS) is 14.1. The van der Waals surface area contributed by atoms with Crippen LogP contribution >= 0.6 is 23.4 Å². The number of nitrogens with two attached hydrogens (primary N) is 1. The molecule has 0 aliphatic heterocycles. The molecule has 0 radical (unpaired) electrons. The van der Waals surface area contributed by atoms with Gasteiger partial charge in [0, 0.05) is 22.1 Å². The fourth-order valence-electron chi connectivity index (χ4n) is 1.96. The van der Waals surface area contributed by atoms with Crippen LogP contribution in [0.4, 0.5) is 0 Å². The van der Waals surface area contributed by atoms with Crippen molar-refractivity contribution in [2.75, 3.05) is 0 Å². The molecule has 3 heteroatoms. The first-order chi connectivity index (χ1) is 9.16. The molecular weight excluding hydrogens is 274 g/mol. The first kappa shape index (κ1) is 14.4. The zero-order valence-corrected chi connectivity index (χ0v) is 12.5. The maximum absolute atomic E-state index is 6.12. The zero-order chi connectivity index (χ0) is 13.7. The van der Waals surface area contributed by atoms with Crippen molar-refractivity contribution < 1.29 is 0 Å². The van der Waals surface area contributed by atoms with E-state index >= 15 is 0 Å². The molecule has 0 amide bonds. The Hall–Kier alpha value is -0.960. The second kappa shape index (κ2) is 6.99. The van der Waals surface area contributed by atoms with Crippen molar-refractivity contribution in [3.63, 3.8) is 0 Å². The summed E-state index contributed by atoms with van der Waals surface area (Å²) in [5.41, 5.74) is 8.68. The molecule has 0 aliphatic rings. The van der Waals surface area contributed by atoms with Gasteiger partial charge >= 0.3 is 0 Å². The Balaban J connectivity index is 2.04. The van der Waals surface area contributed by atoms with E-state index in [9.17, 15) is 0 Å². The number of rotatable bonds is 5. The predicted molar refractivity (Wildman–Crippen MR) is 85.6 cm³/mol. The van der Waals surface area contributed by atoms with Gasteiger partial charge in [-0.05, 0) is 30.2 Å². The number of thioether (sulfide) groups is 1. The molecule has 2 atom stereocenters. The molecule has 2 N–H and O–H groups in total. The minimum atomic E-state index is 0.125. The fourth-order valence-corrected chi connectivity index (χ4v) is 3.30. The summed E-state index contributed by atoms with van der Waals surface area (Å²) in [5.74, 6) is 0.943. The first-order valence-electron chi connectivity index (χ1n) is 6.33. The molecule has 0 aliphatic carbocycles. The van der Waals surface area contributed by atoms with Crippen LogP contribution < -0.4 is 5.73 Å². The highest BCUT2D eigenvalue weighted by atomic mass is 35.5. The lowest BCUT2D eigenvalue weighted by Gasteiger charge is -2.20. The second-order valence-corrected chi connectivity index (χ2v) is 6.19. The van der Waals surface area contributed by atoms with E-state index in [4.69, 9.17) is 17.3 Å². The third-order valence-corrected chi connectivity index (χ3v) is 4.76. The van der Waals surface area contributed by atoms with Gasteiger partial charge < -0.3 is 5.73 Å².